The summed E-state index contributed by atoms with van der Waals surface area (Å²) in [5.74, 6) is 0.585. The molecule has 1 aliphatic rings. The van der Waals surface area contributed by atoms with Crippen LogP contribution in [0.25, 0.3) is 0 Å². The molecular weight excluding hydrogens is 244 g/mol. The summed E-state index contributed by atoms with van der Waals surface area (Å²) in [6, 6.07) is 1.41. The van der Waals surface area contributed by atoms with E-state index in [0.29, 0.717) is 32.0 Å². The zero-order chi connectivity index (χ0) is 12.5. The van der Waals surface area contributed by atoms with Crippen LogP contribution in [0.5, 0.6) is 0 Å². The van der Waals surface area contributed by atoms with Gasteiger partial charge >= 0.3 is 0 Å². The molecule has 0 amide bonds. The Labute approximate surface area is 99.1 Å². The highest BCUT2D eigenvalue weighted by atomic mass is 32.2. The molecule has 2 rings (SSSR count). The standard InChI is InChI=1S/C9H14N4O3S/c1-17(15,16)13-4-2-12(3-5-13)8-6-9(14)11-7-10-8/h6-7H,2-5H2,1H3,(H,10,11,14). The maximum absolute atomic E-state index is 11.3. The van der Waals surface area contributed by atoms with Gasteiger partial charge in [-0.05, 0) is 0 Å². The zero-order valence-corrected chi connectivity index (χ0v) is 10.3. The fraction of sp³-hybridized carbons (Fsp3) is 0.556. The second-order valence-electron chi connectivity index (χ2n) is 3.92. The van der Waals surface area contributed by atoms with Crippen LogP contribution in [0.3, 0.4) is 0 Å². The first-order valence-corrected chi connectivity index (χ1v) is 7.06. The van der Waals surface area contributed by atoms with Gasteiger partial charge in [0, 0.05) is 32.2 Å². The second kappa shape index (κ2) is 4.46. The van der Waals surface area contributed by atoms with Crippen molar-refractivity contribution in [1.82, 2.24) is 14.3 Å². The maximum Gasteiger partial charge on any atom is 0.252 e. The summed E-state index contributed by atoms with van der Waals surface area (Å²) in [6.45, 7) is 1.94. The van der Waals surface area contributed by atoms with Gasteiger partial charge in [0.05, 0.1) is 12.6 Å². The molecule has 8 heteroatoms. The highest BCUT2D eigenvalue weighted by Gasteiger charge is 2.23. The normalized spacial score (nSPS) is 18.3. The van der Waals surface area contributed by atoms with E-state index >= 15 is 0 Å². The Kier molecular flexibility index (Phi) is 3.16. The molecule has 17 heavy (non-hydrogen) atoms. The van der Waals surface area contributed by atoms with E-state index < -0.39 is 10.0 Å². The molecular formula is C9H14N4O3S. The molecule has 2 heterocycles. The lowest BCUT2D eigenvalue weighted by molar-refractivity contribution is 0.387. The molecule has 0 spiro atoms. The van der Waals surface area contributed by atoms with E-state index in [2.05, 4.69) is 9.97 Å². The molecule has 1 aliphatic heterocycles. The van der Waals surface area contributed by atoms with Crippen LogP contribution in [0.4, 0.5) is 5.82 Å². The molecule has 1 fully saturated rings. The van der Waals surface area contributed by atoms with E-state index in [4.69, 9.17) is 0 Å². The van der Waals surface area contributed by atoms with Crippen LogP contribution in [0.2, 0.25) is 0 Å². The van der Waals surface area contributed by atoms with Crippen LogP contribution >= 0.6 is 0 Å². The van der Waals surface area contributed by atoms with Gasteiger partial charge < -0.3 is 9.88 Å². The number of hydrogen-bond donors (Lipinski definition) is 1. The fourth-order valence-electron chi connectivity index (χ4n) is 1.78. The SMILES string of the molecule is CS(=O)(=O)N1CCN(c2cc(=O)[nH]cn2)CC1. The van der Waals surface area contributed by atoms with E-state index in [0.717, 1.165) is 0 Å². The minimum absolute atomic E-state index is 0.208. The number of sulfonamides is 1. The van der Waals surface area contributed by atoms with Crippen molar-refractivity contribution in [1.29, 1.82) is 0 Å². The summed E-state index contributed by atoms with van der Waals surface area (Å²) in [7, 11) is -3.12. The summed E-state index contributed by atoms with van der Waals surface area (Å²) < 4.78 is 24.1. The first-order chi connectivity index (χ1) is 7.97. The molecule has 0 radical (unpaired) electrons. The molecule has 0 unspecified atom stereocenters. The van der Waals surface area contributed by atoms with Crippen molar-refractivity contribution < 1.29 is 8.42 Å². The minimum atomic E-state index is -3.12. The van der Waals surface area contributed by atoms with Crippen molar-refractivity contribution in [3.8, 4) is 0 Å². The Morgan fingerprint density at radius 3 is 2.47 bits per heavy atom. The lowest BCUT2D eigenvalue weighted by atomic mass is 10.3. The van der Waals surface area contributed by atoms with Crippen LogP contribution in [-0.4, -0.2) is 55.1 Å². The minimum Gasteiger partial charge on any atom is -0.354 e. The van der Waals surface area contributed by atoms with Crippen molar-refractivity contribution in [3.63, 3.8) is 0 Å². The van der Waals surface area contributed by atoms with E-state index in [1.54, 1.807) is 0 Å². The van der Waals surface area contributed by atoms with Gasteiger partial charge in [-0.2, -0.15) is 4.31 Å². The highest BCUT2D eigenvalue weighted by molar-refractivity contribution is 7.88. The molecule has 94 valence electrons. The molecule has 0 atom stereocenters. The topological polar surface area (TPSA) is 86.4 Å². The van der Waals surface area contributed by atoms with Gasteiger partial charge in [0.25, 0.3) is 5.56 Å². The van der Waals surface area contributed by atoms with Crippen LogP contribution in [0.1, 0.15) is 0 Å². The molecule has 0 aromatic carbocycles. The number of piperazine rings is 1. The molecule has 0 saturated carbocycles. The molecule has 7 nitrogen and oxygen atoms in total. The number of rotatable bonds is 2. The van der Waals surface area contributed by atoms with Crippen molar-refractivity contribution >= 4 is 15.8 Å². The summed E-state index contributed by atoms with van der Waals surface area (Å²) >= 11 is 0. The number of H-pyrrole nitrogens is 1. The average Bonchev–Trinajstić information content (AvgIpc) is 2.28. The fourth-order valence-corrected chi connectivity index (χ4v) is 2.61. The van der Waals surface area contributed by atoms with Crippen LogP contribution in [0.15, 0.2) is 17.2 Å². The van der Waals surface area contributed by atoms with Crippen LogP contribution < -0.4 is 10.5 Å². The Hall–Kier alpha value is -1.41. The van der Waals surface area contributed by atoms with Crippen molar-refractivity contribution in [3.05, 3.63) is 22.7 Å². The predicted molar refractivity (Wildman–Crippen MR) is 63.5 cm³/mol. The van der Waals surface area contributed by atoms with Crippen LogP contribution in [0, 0.1) is 0 Å². The van der Waals surface area contributed by atoms with Crippen molar-refractivity contribution in [2.24, 2.45) is 0 Å². The van der Waals surface area contributed by atoms with Gasteiger partial charge in [-0.15, -0.1) is 0 Å². The van der Waals surface area contributed by atoms with Gasteiger partial charge in [0.2, 0.25) is 10.0 Å². The first kappa shape index (κ1) is 12.1. The average molecular weight is 258 g/mol. The number of anilines is 1. The third kappa shape index (κ3) is 2.83. The van der Waals surface area contributed by atoms with E-state index in [-0.39, 0.29) is 5.56 Å². The third-order valence-corrected chi connectivity index (χ3v) is 4.00. The lowest BCUT2D eigenvalue weighted by Gasteiger charge is -2.33. The maximum atomic E-state index is 11.3. The zero-order valence-electron chi connectivity index (χ0n) is 9.46. The summed E-state index contributed by atoms with van der Waals surface area (Å²) in [5.41, 5.74) is -0.208. The number of hydrogen-bond acceptors (Lipinski definition) is 5. The molecule has 1 aromatic heterocycles. The molecule has 1 N–H and O–H groups in total. The van der Waals surface area contributed by atoms with Crippen molar-refractivity contribution in [2.75, 3.05) is 37.3 Å². The first-order valence-electron chi connectivity index (χ1n) is 5.21. The Bertz CT molecular complexity index is 545. The van der Waals surface area contributed by atoms with Crippen molar-refractivity contribution in [2.45, 2.75) is 0 Å². The number of aromatic amines is 1. The van der Waals surface area contributed by atoms with Gasteiger partial charge in [-0.1, -0.05) is 0 Å². The molecule has 1 aromatic rings. The Balaban J connectivity index is 2.07. The van der Waals surface area contributed by atoms with Gasteiger partial charge in [-0.3, -0.25) is 4.79 Å². The smallest absolute Gasteiger partial charge is 0.252 e. The molecule has 0 bridgehead atoms. The number of nitrogens with one attached hydrogen (secondary N) is 1. The predicted octanol–water partition coefficient (Wildman–Crippen LogP) is -1.15. The second-order valence-corrected chi connectivity index (χ2v) is 5.90. The number of nitrogens with zero attached hydrogens (tertiary/aromatic N) is 3. The Morgan fingerprint density at radius 2 is 1.94 bits per heavy atom. The van der Waals surface area contributed by atoms with E-state index in [1.165, 1.54) is 23.0 Å². The Morgan fingerprint density at radius 1 is 1.29 bits per heavy atom. The number of aromatic nitrogens is 2. The molecule has 0 aliphatic carbocycles. The summed E-state index contributed by atoms with van der Waals surface area (Å²) in [5, 5.41) is 0. The molecule has 1 saturated heterocycles. The monoisotopic (exact) mass is 258 g/mol. The summed E-state index contributed by atoms with van der Waals surface area (Å²) in [6.07, 6.45) is 2.55. The van der Waals surface area contributed by atoms with E-state index in [1.807, 2.05) is 4.90 Å². The van der Waals surface area contributed by atoms with Crippen LogP contribution in [-0.2, 0) is 10.0 Å². The third-order valence-electron chi connectivity index (χ3n) is 2.70. The quantitative estimate of drug-likeness (QED) is 0.724. The van der Waals surface area contributed by atoms with E-state index in [9.17, 15) is 13.2 Å². The van der Waals surface area contributed by atoms with Gasteiger partial charge in [-0.25, -0.2) is 13.4 Å². The largest absolute Gasteiger partial charge is 0.354 e. The van der Waals surface area contributed by atoms with Gasteiger partial charge in [0.1, 0.15) is 5.82 Å². The highest BCUT2D eigenvalue weighted by Crippen LogP contribution is 2.12. The lowest BCUT2D eigenvalue weighted by Crippen LogP contribution is -2.48. The summed E-state index contributed by atoms with van der Waals surface area (Å²) in [4.78, 5) is 19.5. The van der Waals surface area contributed by atoms with Gasteiger partial charge in [0.15, 0.2) is 0 Å².